The third-order valence-corrected chi connectivity index (χ3v) is 6.02. The molecule has 0 unspecified atom stereocenters. The number of aliphatic hydroxyl groups excluding tert-OH is 1. The number of β-amino-alcohol motifs (C(OH)–C–C–N with tert-alkyl or cyclic N) is 1. The van der Waals surface area contributed by atoms with Gasteiger partial charge in [0, 0.05) is 23.5 Å². The van der Waals surface area contributed by atoms with Crippen molar-refractivity contribution in [1.82, 2.24) is 4.90 Å². The van der Waals surface area contributed by atoms with Crippen LogP contribution in [0.4, 0.5) is 5.00 Å². The SMILES string of the molecule is CCCCN(CCCC)c1ccc(C=C2C(=O)N(CCO)C(=O)C(C#N)=C2C)s1. The van der Waals surface area contributed by atoms with Crippen LogP contribution in [-0.4, -0.2) is 48.1 Å². The molecule has 0 saturated heterocycles. The number of hydrogen-bond donors (Lipinski definition) is 1. The van der Waals surface area contributed by atoms with Crippen molar-refractivity contribution in [1.29, 1.82) is 5.26 Å². The molecular formula is C22H29N3O3S. The molecule has 0 radical (unpaired) electrons. The maximum atomic E-state index is 12.8. The highest BCUT2D eigenvalue weighted by molar-refractivity contribution is 7.17. The fourth-order valence-corrected chi connectivity index (χ4v) is 4.20. The summed E-state index contributed by atoms with van der Waals surface area (Å²) in [6.07, 6.45) is 6.27. The van der Waals surface area contributed by atoms with E-state index in [0.717, 1.165) is 53.6 Å². The smallest absolute Gasteiger partial charge is 0.271 e. The summed E-state index contributed by atoms with van der Waals surface area (Å²) in [5.74, 6) is -1.11. The second-order valence-corrected chi connectivity index (χ2v) is 8.12. The van der Waals surface area contributed by atoms with E-state index >= 15 is 0 Å². The highest BCUT2D eigenvalue weighted by Gasteiger charge is 2.35. The van der Waals surface area contributed by atoms with Gasteiger partial charge in [0.25, 0.3) is 11.8 Å². The predicted molar refractivity (Wildman–Crippen MR) is 116 cm³/mol. The van der Waals surface area contributed by atoms with Gasteiger partial charge in [0.05, 0.1) is 18.2 Å². The van der Waals surface area contributed by atoms with Crippen LogP contribution >= 0.6 is 11.3 Å². The molecule has 1 aliphatic heterocycles. The van der Waals surface area contributed by atoms with Crippen molar-refractivity contribution in [2.24, 2.45) is 0 Å². The highest BCUT2D eigenvalue weighted by Crippen LogP contribution is 2.32. The zero-order valence-electron chi connectivity index (χ0n) is 17.4. The molecule has 2 rings (SSSR count). The Bertz CT molecular complexity index is 840. The standard InChI is InChI=1S/C22H29N3O3S/c1-4-6-10-24(11-7-5-2)20-9-8-17(29-20)14-18-16(3)19(15-23)22(28)25(12-13-26)21(18)27/h8-9,14,26H,4-7,10-13H2,1-3H3. The van der Waals surface area contributed by atoms with Crippen molar-refractivity contribution in [3.05, 3.63) is 33.7 Å². The molecule has 1 N–H and O–H groups in total. The van der Waals surface area contributed by atoms with E-state index in [0.29, 0.717) is 11.1 Å². The molecule has 0 aliphatic carbocycles. The summed E-state index contributed by atoms with van der Waals surface area (Å²) in [5, 5.41) is 19.7. The molecule has 0 atom stereocenters. The van der Waals surface area contributed by atoms with Crippen LogP contribution in [-0.2, 0) is 9.59 Å². The predicted octanol–water partition coefficient (Wildman–Crippen LogP) is 3.74. The van der Waals surface area contributed by atoms with Crippen molar-refractivity contribution in [3.63, 3.8) is 0 Å². The lowest BCUT2D eigenvalue weighted by molar-refractivity contribution is -0.140. The van der Waals surface area contributed by atoms with E-state index in [-0.39, 0.29) is 18.7 Å². The molecule has 6 nitrogen and oxygen atoms in total. The number of thiophene rings is 1. The van der Waals surface area contributed by atoms with Crippen LogP contribution in [0.25, 0.3) is 6.08 Å². The third-order valence-electron chi connectivity index (χ3n) is 4.92. The Morgan fingerprint density at radius 2 is 1.83 bits per heavy atom. The molecule has 29 heavy (non-hydrogen) atoms. The first-order valence-corrected chi connectivity index (χ1v) is 10.9. The van der Waals surface area contributed by atoms with E-state index in [1.165, 1.54) is 0 Å². The molecule has 0 fully saturated rings. The number of aliphatic hydroxyl groups is 1. The quantitative estimate of drug-likeness (QED) is 0.465. The number of anilines is 1. The van der Waals surface area contributed by atoms with Gasteiger partial charge in [0.2, 0.25) is 0 Å². The number of nitrogens with zero attached hydrogens (tertiary/aromatic N) is 3. The maximum absolute atomic E-state index is 12.8. The van der Waals surface area contributed by atoms with E-state index in [1.54, 1.807) is 24.3 Å². The molecular weight excluding hydrogens is 386 g/mol. The van der Waals surface area contributed by atoms with Gasteiger partial charge in [-0.05, 0) is 43.5 Å². The molecule has 1 aromatic rings. The monoisotopic (exact) mass is 415 g/mol. The number of nitriles is 1. The van der Waals surface area contributed by atoms with E-state index in [2.05, 4.69) is 24.8 Å². The first kappa shape index (κ1) is 22.9. The van der Waals surface area contributed by atoms with Gasteiger partial charge in [-0.2, -0.15) is 5.26 Å². The largest absolute Gasteiger partial charge is 0.395 e. The number of amides is 2. The van der Waals surface area contributed by atoms with Gasteiger partial charge < -0.3 is 10.0 Å². The molecule has 2 heterocycles. The molecule has 1 aliphatic rings. The fraction of sp³-hybridized carbons (Fsp3) is 0.500. The minimum absolute atomic E-state index is 0.0476. The lowest BCUT2D eigenvalue weighted by Crippen LogP contribution is -2.44. The van der Waals surface area contributed by atoms with Crippen LogP contribution in [0.1, 0.15) is 51.3 Å². The van der Waals surface area contributed by atoms with Crippen LogP contribution in [0.2, 0.25) is 0 Å². The first-order valence-electron chi connectivity index (χ1n) is 10.1. The number of rotatable bonds is 10. The second kappa shape index (κ2) is 10.9. The Balaban J connectivity index is 2.37. The molecule has 1 aromatic heterocycles. The van der Waals surface area contributed by atoms with Crippen LogP contribution in [0.15, 0.2) is 28.9 Å². The van der Waals surface area contributed by atoms with Crippen molar-refractivity contribution < 1.29 is 14.7 Å². The van der Waals surface area contributed by atoms with Crippen molar-refractivity contribution >= 4 is 34.2 Å². The molecule has 0 spiro atoms. The van der Waals surface area contributed by atoms with Gasteiger partial charge in [-0.1, -0.05) is 26.7 Å². The van der Waals surface area contributed by atoms with E-state index in [4.69, 9.17) is 0 Å². The number of imide groups is 1. The summed E-state index contributed by atoms with van der Waals surface area (Å²) in [4.78, 5) is 29.4. The molecule has 0 bridgehead atoms. The Kier molecular flexibility index (Phi) is 8.62. The average Bonchev–Trinajstić information content (AvgIpc) is 3.17. The average molecular weight is 416 g/mol. The summed E-state index contributed by atoms with van der Waals surface area (Å²) in [5.41, 5.74) is 0.672. The number of carbonyl (C=O) groups is 2. The lowest BCUT2D eigenvalue weighted by Gasteiger charge is -2.26. The molecule has 156 valence electrons. The van der Waals surface area contributed by atoms with Crippen molar-refractivity contribution in [3.8, 4) is 6.07 Å². The van der Waals surface area contributed by atoms with E-state index in [1.807, 2.05) is 12.1 Å². The Labute approximate surface area is 176 Å². The summed E-state index contributed by atoms with van der Waals surface area (Å²) >= 11 is 1.60. The fourth-order valence-electron chi connectivity index (χ4n) is 3.19. The zero-order valence-corrected chi connectivity index (χ0v) is 18.2. The van der Waals surface area contributed by atoms with Crippen molar-refractivity contribution in [2.75, 3.05) is 31.1 Å². The van der Waals surface area contributed by atoms with Gasteiger partial charge in [-0.25, -0.2) is 0 Å². The highest BCUT2D eigenvalue weighted by atomic mass is 32.1. The molecule has 7 heteroatoms. The normalized spacial score (nSPS) is 16.0. The van der Waals surface area contributed by atoms with Crippen LogP contribution < -0.4 is 4.90 Å². The van der Waals surface area contributed by atoms with Gasteiger partial charge in [0.1, 0.15) is 11.6 Å². The summed E-state index contributed by atoms with van der Waals surface area (Å²) in [7, 11) is 0. The van der Waals surface area contributed by atoms with Gasteiger partial charge in [-0.3, -0.25) is 14.5 Å². The zero-order chi connectivity index (χ0) is 21.4. The molecule has 0 aromatic carbocycles. The summed E-state index contributed by atoms with van der Waals surface area (Å²) in [6.45, 7) is 7.53. The third kappa shape index (κ3) is 5.34. The summed E-state index contributed by atoms with van der Waals surface area (Å²) < 4.78 is 0. The van der Waals surface area contributed by atoms with Crippen LogP contribution in [0, 0.1) is 11.3 Å². The Hall–Kier alpha value is -2.43. The van der Waals surface area contributed by atoms with Crippen LogP contribution in [0.3, 0.4) is 0 Å². The number of carbonyl (C=O) groups excluding carboxylic acids is 2. The maximum Gasteiger partial charge on any atom is 0.271 e. The number of hydrogen-bond acceptors (Lipinski definition) is 6. The molecule has 2 amide bonds. The van der Waals surface area contributed by atoms with Crippen molar-refractivity contribution in [2.45, 2.75) is 46.5 Å². The minimum Gasteiger partial charge on any atom is -0.395 e. The van der Waals surface area contributed by atoms with Gasteiger partial charge in [0.15, 0.2) is 0 Å². The lowest BCUT2D eigenvalue weighted by atomic mass is 9.95. The number of unbranched alkanes of at least 4 members (excludes halogenated alkanes) is 2. The molecule has 0 saturated carbocycles. The summed E-state index contributed by atoms with van der Waals surface area (Å²) in [6, 6.07) is 5.94. The Morgan fingerprint density at radius 3 is 2.38 bits per heavy atom. The minimum atomic E-state index is -0.640. The second-order valence-electron chi connectivity index (χ2n) is 7.03. The first-order chi connectivity index (χ1) is 14.0. The Morgan fingerprint density at radius 1 is 1.17 bits per heavy atom. The topological polar surface area (TPSA) is 84.6 Å². The van der Waals surface area contributed by atoms with Gasteiger partial charge >= 0.3 is 0 Å². The van der Waals surface area contributed by atoms with Gasteiger partial charge in [-0.15, -0.1) is 11.3 Å². The van der Waals surface area contributed by atoms with E-state index in [9.17, 15) is 20.0 Å². The van der Waals surface area contributed by atoms with Crippen LogP contribution in [0.5, 0.6) is 0 Å². The van der Waals surface area contributed by atoms with E-state index < -0.39 is 11.8 Å².